The summed E-state index contributed by atoms with van der Waals surface area (Å²) in [7, 11) is 0. The van der Waals surface area contributed by atoms with Crippen LogP contribution in [0, 0.1) is 3.57 Å². The Morgan fingerprint density at radius 1 is 1.14 bits per heavy atom. The SMILES string of the molecule is CCNc1nc(N2CCCC2)nc(-c2ccccc2)c1I. The lowest BCUT2D eigenvalue weighted by atomic mass is 10.1. The van der Waals surface area contributed by atoms with Crippen LogP contribution in [0.3, 0.4) is 0 Å². The summed E-state index contributed by atoms with van der Waals surface area (Å²) in [4.78, 5) is 11.8. The molecule has 2 heterocycles. The topological polar surface area (TPSA) is 41.1 Å². The lowest BCUT2D eigenvalue weighted by Crippen LogP contribution is -2.22. The molecule has 1 fully saturated rings. The van der Waals surface area contributed by atoms with Gasteiger partial charge in [0.1, 0.15) is 5.82 Å². The monoisotopic (exact) mass is 394 g/mol. The van der Waals surface area contributed by atoms with Gasteiger partial charge in [0, 0.05) is 25.2 Å². The van der Waals surface area contributed by atoms with Crippen molar-refractivity contribution in [3.05, 3.63) is 33.9 Å². The van der Waals surface area contributed by atoms with Crippen LogP contribution in [-0.2, 0) is 0 Å². The molecule has 0 saturated carbocycles. The van der Waals surface area contributed by atoms with Crippen molar-refractivity contribution in [2.45, 2.75) is 19.8 Å². The van der Waals surface area contributed by atoms with Crippen LogP contribution in [0.25, 0.3) is 11.3 Å². The standard InChI is InChI=1S/C16H19IN4/c1-2-18-15-13(17)14(12-8-4-3-5-9-12)19-16(20-15)21-10-6-7-11-21/h3-5,8-9H,2,6-7,10-11H2,1H3,(H,18,19,20). The van der Waals surface area contributed by atoms with E-state index in [4.69, 9.17) is 9.97 Å². The van der Waals surface area contributed by atoms with Crippen molar-refractivity contribution in [3.63, 3.8) is 0 Å². The van der Waals surface area contributed by atoms with Crippen molar-refractivity contribution in [1.82, 2.24) is 9.97 Å². The van der Waals surface area contributed by atoms with E-state index >= 15 is 0 Å². The third kappa shape index (κ3) is 3.12. The summed E-state index contributed by atoms with van der Waals surface area (Å²) in [5.41, 5.74) is 2.16. The molecule has 0 unspecified atom stereocenters. The van der Waals surface area contributed by atoms with E-state index in [1.165, 1.54) is 12.8 Å². The number of aromatic nitrogens is 2. The minimum Gasteiger partial charge on any atom is -0.369 e. The normalized spacial score (nSPS) is 14.5. The molecule has 0 atom stereocenters. The maximum atomic E-state index is 4.83. The molecule has 0 bridgehead atoms. The number of halogens is 1. The highest BCUT2D eigenvalue weighted by Gasteiger charge is 2.19. The Labute approximate surface area is 139 Å². The molecular formula is C16H19IN4. The van der Waals surface area contributed by atoms with Gasteiger partial charge in [0.25, 0.3) is 0 Å². The minimum atomic E-state index is 0.850. The molecule has 0 spiro atoms. The van der Waals surface area contributed by atoms with E-state index in [1.807, 2.05) is 6.07 Å². The first-order chi connectivity index (χ1) is 10.3. The molecule has 4 nitrogen and oxygen atoms in total. The van der Waals surface area contributed by atoms with Crippen molar-refractivity contribution in [1.29, 1.82) is 0 Å². The molecule has 0 aliphatic carbocycles. The molecule has 3 rings (SSSR count). The molecular weight excluding hydrogens is 375 g/mol. The Hall–Kier alpha value is -1.37. The van der Waals surface area contributed by atoms with E-state index in [1.54, 1.807) is 0 Å². The third-order valence-electron chi connectivity index (χ3n) is 3.62. The fraction of sp³-hybridized carbons (Fsp3) is 0.375. The smallest absolute Gasteiger partial charge is 0.227 e. The molecule has 5 heteroatoms. The third-order valence-corrected chi connectivity index (χ3v) is 4.64. The van der Waals surface area contributed by atoms with Gasteiger partial charge < -0.3 is 10.2 Å². The van der Waals surface area contributed by atoms with Crippen molar-refractivity contribution in [2.75, 3.05) is 29.9 Å². The summed E-state index contributed by atoms with van der Waals surface area (Å²) < 4.78 is 1.09. The van der Waals surface area contributed by atoms with Crippen molar-refractivity contribution >= 4 is 34.4 Å². The highest BCUT2D eigenvalue weighted by atomic mass is 127. The quantitative estimate of drug-likeness (QED) is 0.802. The molecule has 1 aliphatic heterocycles. The van der Waals surface area contributed by atoms with E-state index in [2.05, 4.69) is 64.0 Å². The van der Waals surface area contributed by atoms with Crippen LogP contribution in [0.1, 0.15) is 19.8 Å². The van der Waals surface area contributed by atoms with Gasteiger partial charge in [-0.05, 0) is 42.4 Å². The van der Waals surface area contributed by atoms with Gasteiger partial charge >= 0.3 is 0 Å². The average molecular weight is 394 g/mol. The summed E-state index contributed by atoms with van der Waals surface area (Å²) in [6, 6.07) is 10.3. The summed E-state index contributed by atoms with van der Waals surface area (Å²) in [6.45, 7) is 5.07. The lowest BCUT2D eigenvalue weighted by molar-refractivity contribution is 0.897. The number of rotatable bonds is 4. The molecule has 110 valence electrons. The largest absolute Gasteiger partial charge is 0.369 e. The van der Waals surface area contributed by atoms with Gasteiger partial charge in [-0.25, -0.2) is 4.98 Å². The first-order valence-corrected chi connectivity index (χ1v) is 8.49. The Balaban J connectivity index is 2.08. The molecule has 1 N–H and O–H groups in total. The van der Waals surface area contributed by atoms with Crippen LogP contribution in [0.5, 0.6) is 0 Å². The molecule has 0 radical (unpaired) electrons. The zero-order valence-corrected chi connectivity index (χ0v) is 14.3. The molecule has 1 aliphatic rings. The Morgan fingerprint density at radius 2 is 1.86 bits per heavy atom. The maximum Gasteiger partial charge on any atom is 0.227 e. The number of nitrogens with zero attached hydrogens (tertiary/aromatic N) is 3. The van der Waals surface area contributed by atoms with Gasteiger partial charge in [-0.15, -0.1) is 0 Å². The van der Waals surface area contributed by atoms with Gasteiger partial charge in [0.15, 0.2) is 0 Å². The summed E-state index contributed by atoms with van der Waals surface area (Å²) >= 11 is 2.34. The second kappa shape index (κ2) is 6.60. The first-order valence-electron chi connectivity index (χ1n) is 7.41. The number of benzene rings is 1. The Bertz CT molecular complexity index is 609. The predicted molar refractivity (Wildman–Crippen MR) is 95.8 cm³/mol. The van der Waals surface area contributed by atoms with Gasteiger partial charge in [-0.2, -0.15) is 4.98 Å². The van der Waals surface area contributed by atoms with E-state index < -0.39 is 0 Å². The highest BCUT2D eigenvalue weighted by Crippen LogP contribution is 2.30. The van der Waals surface area contributed by atoms with Crippen LogP contribution in [0.2, 0.25) is 0 Å². The van der Waals surface area contributed by atoms with E-state index in [0.29, 0.717) is 0 Å². The second-order valence-corrected chi connectivity index (χ2v) is 6.20. The minimum absolute atomic E-state index is 0.850. The number of hydrogen-bond acceptors (Lipinski definition) is 4. The lowest BCUT2D eigenvalue weighted by Gasteiger charge is -2.19. The number of hydrogen-bond donors (Lipinski definition) is 1. The van der Waals surface area contributed by atoms with Gasteiger partial charge in [-0.1, -0.05) is 30.3 Å². The van der Waals surface area contributed by atoms with E-state index in [0.717, 1.165) is 46.2 Å². The van der Waals surface area contributed by atoms with Crippen LogP contribution in [0.4, 0.5) is 11.8 Å². The molecule has 1 aromatic heterocycles. The predicted octanol–water partition coefficient (Wildman–Crippen LogP) is 3.78. The summed E-state index contributed by atoms with van der Waals surface area (Å²) in [5.74, 6) is 1.79. The van der Waals surface area contributed by atoms with Crippen molar-refractivity contribution in [3.8, 4) is 11.3 Å². The number of anilines is 2. The zero-order chi connectivity index (χ0) is 14.7. The van der Waals surface area contributed by atoms with Gasteiger partial charge in [-0.3, -0.25) is 0 Å². The van der Waals surface area contributed by atoms with Crippen LogP contribution in [-0.4, -0.2) is 29.6 Å². The summed E-state index contributed by atoms with van der Waals surface area (Å²) in [5, 5.41) is 3.36. The molecule has 21 heavy (non-hydrogen) atoms. The molecule has 0 amide bonds. The second-order valence-electron chi connectivity index (χ2n) is 5.13. The summed E-state index contributed by atoms with van der Waals surface area (Å²) in [6.07, 6.45) is 2.46. The number of nitrogens with one attached hydrogen (secondary N) is 1. The van der Waals surface area contributed by atoms with Crippen LogP contribution < -0.4 is 10.2 Å². The first kappa shape index (κ1) is 14.6. The van der Waals surface area contributed by atoms with Gasteiger partial charge in [0.05, 0.1) is 9.26 Å². The van der Waals surface area contributed by atoms with Crippen LogP contribution in [0.15, 0.2) is 30.3 Å². The van der Waals surface area contributed by atoms with Crippen molar-refractivity contribution in [2.24, 2.45) is 0 Å². The fourth-order valence-corrected chi connectivity index (χ4v) is 3.31. The molecule has 2 aromatic rings. The zero-order valence-electron chi connectivity index (χ0n) is 12.1. The van der Waals surface area contributed by atoms with Gasteiger partial charge in [0.2, 0.25) is 5.95 Å². The van der Waals surface area contributed by atoms with Crippen molar-refractivity contribution < 1.29 is 0 Å². The molecule has 1 aromatic carbocycles. The fourth-order valence-electron chi connectivity index (χ4n) is 2.57. The average Bonchev–Trinajstić information content (AvgIpc) is 3.05. The maximum absolute atomic E-state index is 4.83. The van der Waals surface area contributed by atoms with E-state index in [9.17, 15) is 0 Å². The van der Waals surface area contributed by atoms with E-state index in [-0.39, 0.29) is 0 Å². The Morgan fingerprint density at radius 3 is 2.52 bits per heavy atom. The molecule has 1 saturated heterocycles. The highest BCUT2D eigenvalue weighted by molar-refractivity contribution is 14.1. The Kier molecular flexibility index (Phi) is 4.57. The van der Waals surface area contributed by atoms with Crippen LogP contribution >= 0.6 is 22.6 Å².